The molecule has 0 spiro atoms. The monoisotopic (exact) mass is 233 g/mol. The van der Waals surface area contributed by atoms with Crippen LogP contribution in [0.15, 0.2) is 30.0 Å². The molecule has 1 unspecified atom stereocenters. The first-order valence-electron chi connectivity index (χ1n) is 5.35. The van der Waals surface area contributed by atoms with E-state index < -0.39 is 0 Å². The molecule has 0 aliphatic rings. The second-order valence-corrected chi connectivity index (χ2v) is 4.55. The van der Waals surface area contributed by atoms with Gasteiger partial charge in [-0.3, -0.25) is 9.97 Å². The van der Waals surface area contributed by atoms with Crippen LogP contribution in [0.5, 0.6) is 0 Å². The van der Waals surface area contributed by atoms with Gasteiger partial charge in [-0.1, -0.05) is 13.0 Å². The molecule has 1 atom stereocenters. The second kappa shape index (κ2) is 5.18. The van der Waals surface area contributed by atoms with Gasteiger partial charge in [-0.15, -0.1) is 11.3 Å². The van der Waals surface area contributed by atoms with Gasteiger partial charge in [0.05, 0.1) is 11.6 Å². The number of nitrogens with zero attached hydrogens (tertiary/aromatic N) is 2. The number of pyridine rings is 1. The molecule has 2 aromatic heterocycles. The molecule has 0 aliphatic carbocycles. The summed E-state index contributed by atoms with van der Waals surface area (Å²) in [7, 11) is 0. The highest BCUT2D eigenvalue weighted by Crippen LogP contribution is 2.24. The Kier molecular flexibility index (Phi) is 3.64. The fourth-order valence-electron chi connectivity index (χ4n) is 1.61. The van der Waals surface area contributed by atoms with Gasteiger partial charge >= 0.3 is 0 Å². The zero-order valence-electron chi connectivity index (χ0n) is 9.47. The summed E-state index contributed by atoms with van der Waals surface area (Å²) in [6.45, 7) is 5.03. The normalized spacial score (nSPS) is 12.6. The molecule has 16 heavy (non-hydrogen) atoms. The number of aromatic nitrogens is 2. The summed E-state index contributed by atoms with van der Waals surface area (Å²) >= 11 is 1.67. The van der Waals surface area contributed by atoms with Crippen LogP contribution >= 0.6 is 11.3 Å². The van der Waals surface area contributed by atoms with Crippen molar-refractivity contribution in [3.63, 3.8) is 0 Å². The van der Waals surface area contributed by atoms with Crippen molar-refractivity contribution in [3.05, 3.63) is 46.2 Å². The van der Waals surface area contributed by atoms with Crippen LogP contribution in [0.3, 0.4) is 0 Å². The van der Waals surface area contributed by atoms with Crippen molar-refractivity contribution in [1.29, 1.82) is 0 Å². The van der Waals surface area contributed by atoms with Crippen molar-refractivity contribution >= 4 is 11.3 Å². The van der Waals surface area contributed by atoms with Crippen LogP contribution in [0.4, 0.5) is 0 Å². The SMILES string of the molecule is CCNC(c1ccc(C)nc1)c1cncs1. The predicted molar refractivity (Wildman–Crippen MR) is 66.6 cm³/mol. The summed E-state index contributed by atoms with van der Waals surface area (Å²) in [6.07, 6.45) is 3.85. The molecule has 0 aliphatic heterocycles. The van der Waals surface area contributed by atoms with Crippen molar-refractivity contribution in [2.24, 2.45) is 0 Å². The highest BCUT2D eigenvalue weighted by molar-refractivity contribution is 7.09. The largest absolute Gasteiger partial charge is 0.306 e. The molecule has 1 N–H and O–H groups in total. The van der Waals surface area contributed by atoms with Gasteiger partial charge in [-0.2, -0.15) is 0 Å². The zero-order valence-corrected chi connectivity index (χ0v) is 10.3. The van der Waals surface area contributed by atoms with Gasteiger partial charge in [0.1, 0.15) is 0 Å². The maximum absolute atomic E-state index is 4.34. The third kappa shape index (κ3) is 2.46. The molecule has 3 nitrogen and oxygen atoms in total. The van der Waals surface area contributed by atoms with Crippen LogP contribution in [-0.4, -0.2) is 16.5 Å². The molecule has 0 bridgehead atoms. The van der Waals surface area contributed by atoms with E-state index in [0.717, 1.165) is 12.2 Å². The smallest absolute Gasteiger partial charge is 0.0794 e. The summed E-state index contributed by atoms with van der Waals surface area (Å²) in [4.78, 5) is 9.69. The van der Waals surface area contributed by atoms with Crippen molar-refractivity contribution < 1.29 is 0 Å². The summed E-state index contributed by atoms with van der Waals surface area (Å²) in [6, 6.07) is 4.38. The van der Waals surface area contributed by atoms with Crippen LogP contribution in [0.25, 0.3) is 0 Å². The van der Waals surface area contributed by atoms with Crippen molar-refractivity contribution in [2.75, 3.05) is 6.54 Å². The quantitative estimate of drug-likeness (QED) is 0.882. The lowest BCUT2D eigenvalue weighted by atomic mass is 10.1. The summed E-state index contributed by atoms with van der Waals surface area (Å²) in [5.74, 6) is 0. The molecule has 84 valence electrons. The molecule has 2 rings (SSSR count). The average Bonchev–Trinajstić information content (AvgIpc) is 2.81. The molecule has 0 fully saturated rings. The molecule has 2 heterocycles. The lowest BCUT2D eigenvalue weighted by Crippen LogP contribution is -2.21. The van der Waals surface area contributed by atoms with Crippen molar-refractivity contribution in [2.45, 2.75) is 19.9 Å². The Morgan fingerprint density at radius 3 is 2.81 bits per heavy atom. The number of rotatable bonds is 4. The summed E-state index contributed by atoms with van der Waals surface area (Å²) in [5, 5.41) is 3.45. The molecule has 0 saturated carbocycles. The van der Waals surface area contributed by atoms with Gasteiger partial charge in [0, 0.05) is 23.0 Å². The van der Waals surface area contributed by atoms with Gasteiger partial charge in [-0.25, -0.2) is 0 Å². The van der Waals surface area contributed by atoms with Gasteiger partial charge in [-0.05, 0) is 25.1 Å². The van der Waals surface area contributed by atoms with Gasteiger partial charge < -0.3 is 5.32 Å². The van der Waals surface area contributed by atoms with Crippen LogP contribution in [-0.2, 0) is 0 Å². The molecule has 0 amide bonds. The fraction of sp³-hybridized carbons (Fsp3) is 0.333. The van der Waals surface area contributed by atoms with E-state index in [1.165, 1.54) is 10.4 Å². The zero-order chi connectivity index (χ0) is 11.4. The summed E-state index contributed by atoms with van der Waals surface area (Å²) in [5.41, 5.74) is 4.10. The Hall–Kier alpha value is -1.26. The summed E-state index contributed by atoms with van der Waals surface area (Å²) < 4.78 is 0. The molecule has 0 saturated heterocycles. The Labute approximate surface area is 99.6 Å². The Bertz CT molecular complexity index is 422. The van der Waals surface area contributed by atoms with E-state index in [4.69, 9.17) is 0 Å². The fourth-order valence-corrected chi connectivity index (χ4v) is 2.33. The topological polar surface area (TPSA) is 37.8 Å². The predicted octanol–water partition coefficient (Wildman–Crippen LogP) is 2.55. The second-order valence-electron chi connectivity index (χ2n) is 3.63. The first-order chi connectivity index (χ1) is 7.81. The molecular formula is C12H15N3S. The van der Waals surface area contributed by atoms with E-state index >= 15 is 0 Å². The standard InChI is InChI=1S/C12H15N3S/c1-3-14-12(11-7-13-8-16-11)10-5-4-9(2)15-6-10/h4-8,12,14H,3H2,1-2H3. The number of nitrogens with one attached hydrogen (secondary N) is 1. The maximum Gasteiger partial charge on any atom is 0.0794 e. The first-order valence-corrected chi connectivity index (χ1v) is 6.23. The highest BCUT2D eigenvalue weighted by atomic mass is 32.1. The third-order valence-corrected chi connectivity index (χ3v) is 3.25. The van der Waals surface area contributed by atoms with Gasteiger partial charge in [0.15, 0.2) is 0 Å². The van der Waals surface area contributed by atoms with Gasteiger partial charge in [0.25, 0.3) is 0 Å². The number of aryl methyl sites for hydroxylation is 1. The van der Waals surface area contributed by atoms with Crippen molar-refractivity contribution in [3.8, 4) is 0 Å². The first kappa shape index (κ1) is 11.2. The number of hydrogen-bond acceptors (Lipinski definition) is 4. The lowest BCUT2D eigenvalue weighted by Gasteiger charge is -2.16. The Morgan fingerprint density at radius 2 is 2.25 bits per heavy atom. The van der Waals surface area contributed by atoms with E-state index in [1.54, 1.807) is 11.3 Å². The molecular weight excluding hydrogens is 218 g/mol. The Balaban J connectivity index is 2.29. The van der Waals surface area contributed by atoms with Crippen molar-refractivity contribution in [1.82, 2.24) is 15.3 Å². The van der Waals surface area contributed by atoms with Crippen LogP contribution in [0.1, 0.15) is 29.1 Å². The third-order valence-electron chi connectivity index (χ3n) is 2.41. The van der Waals surface area contributed by atoms with Crippen LogP contribution < -0.4 is 5.32 Å². The minimum absolute atomic E-state index is 0.214. The minimum Gasteiger partial charge on any atom is -0.306 e. The van der Waals surface area contributed by atoms with Crippen LogP contribution in [0.2, 0.25) is 0 Å². The molecule has 4 heteroatoms. The minimum atomic E-state index is 0.214. The number of thiazole rings is 1. The molecule has 0 aromatic carbocycles. The van der Waals surface area contributed by atoms with E-state index in [1.807, 2.05) is 30.9 Å². The van der Waals surface area contributed by atoms with E-state index in [0.29, 0.717) is 0 Å². The highest BCUT2D eigenvalue weighted by Gasteiger charge is 2.14. The van der Waals surface area contributed by atoms with Gasteiger partial charge in [0.2, 0.25) is 0 Å². The van der Waals surface area contributed by atoms with E-state index in [9.17, 15) is 0 Å². The molecule has 2 aromatic rings. The Morgan fingerprint density at radius 1 is 1.38 bits per heavy atom. The maximum atomic E-state index is 4.34. The van der Waals surface area contributed by atoms with E-state index in [-0.39, 0.29) is 6.04 Å². The van der Waals surface area contributed by atoms with Crippen LogP contribution in [0, 0.1) is 6.92 Å². The lowest BCUT2D eigenvalue weighted by molar-refractivity contribution is 0.636. The van der Waals surface area contributed by atoms with E-state index in [2.05, 4.69) is 28.3 Å². The molecule has 0 radical (unpaired) electrons. The average molecular weight is 233 g/mol. The number of hydrogen-bond donors (Lipinski definition) is 1.